The van der Waals surface area contributed by atoms with Gasteiger partial charge in [0, 0.05) is 0 Å². The highest BCUT2D eigenvalue weighted by molar-refractivity contribution is 8.23. The lowest BCUT2D eigenvalue weighted by Gasteiger charge is -1.95. The Kier molecular flexibility index (Phi) is 2.28. The number of hydrogen-bond donors (Lipinski definition) is 0. The zero-order valence-electron chi connectivity index (χ0n) is 3.83. The molecule has 0 spiro atoms. The highest BCUT2D eigenvalue weighted by Crippen LogP contribution is 2.34. The molecule has 1 aliphatic rings. The van der Waals surface area contributed by atoms with Gasteiger partial charge in [-0.3, -0.25) is 4.79 Å². The molecule has 0 aromatic heterocycles. The molecule has 1 rings (SSSR count). The maximum Gasteiger partial charge on any atom is 0.245 e. The summed E-state index contributed by atoms with van der Waals surface area (Å²) in [6.07, 6.45) is 0. The highest BCUT2D eigenvalue weighted by atomic mass is 35.5. The molecule has 1 aliphatic heterocycles. The molecular formula is C4H3ClOS2. The van der Waals surface area contributed by atoms with Gasteiger partial charge in [-0.15, -0.1) is 23.5 Å². The second-order valence-electron chi connectivity index (χ2n) is 1.18. The standard InChI is InChI=1S/C4H3ClOS2/c5-3(6)4-7-1-2-8-4/h1-2,4H. The summed E-state index contributed by atoms with van der Waals surface area (Å²) >= 11 is 8.07. The van der Waals surface area contributed by atoms with Crippen molar-refractivity contribution >= 4 is 40.4 Å². The molecule has 8 heavy (non-hydrogen) atoms. The largest absolute Gasteiger partial charge is 0.279 e. The normalized spacial score (nSPS) is 19.6. The fourth-order valence-corrected chi connectivity index (χ4v) is 2.31. The maximum absolute atomic E-state index is 10.3. The Balaban J connectivity index is 2.41. The van der Waals surface area contributed by atoms with E-state index in [2.05, 4.69) is 0 Å². The molecule has 0 atom stereocenters. The van der Waals surface area contributed by atoms with Gasteiger partial charge in [0.1, 0.15) is 4.58 Å². The molecular weight excluding hydrogens is 164 g/mol. The van der Waals surface area contributed by atoms with Crippen molar-refractivity contribution in [1.82, 2.24) is 0 Å². The molecule has 0 saturated carbocycles. The SMILES string of the molecule is O=C(Cl)C1SC=CS1. The summed E-state index contributed by atoms with van der Waals surface area (Å²) in [5, 5.41) is 3.47. The number of thioether (sulfide) groups is 2. The van der Waals surface area contributed by atoms with E-state index in [1.165, 1.54) is 23.5 Å². The molecule has 44 valence electrons. The fourth-order valence-electron chi connectivity index (χ4n) is 0.346. The van der Waals surface area contributed by atoms with Crippen LogP contribution in [0.5, 0.6) is 0 Å². The molecule has 0 bridgehead atoms. The molecule has 0 radical (unpaired) electrons. The van der Waals surface area contributed by atoms with Crippen molar-refractivity contribution in [3.63, 3.8) is 0 Å². The third kappa shape index (κ3) is 1.44. The van der Waals surface area contributed by atoms with Gasteiger partial charge in [0.15, 0.2) is 0 Å². The van der Waals surface area contributed by atoms with Gasteiger partial charge in [-0.25, -0.2) is 0 Å². The topological polar surface area (TPSA) is 17.1 Å². The predicted molar refractivity (Wildman–Crippen MR) is 39.0 cm³/mol. The van der Waals surface area contributed by atoms with Crippen molar-refractivity contribution in [2.45, 2.75) is 4.58 Å². The first-order valence-corrected chi connectivity index (χ1v) is 4.22. The van der Waals surface area contributed by atoms with Gasteiger partial charge in [0.25, 0.3) is 0 Å². The Bertz CT molecular complexity index is 126. The number of hydrogen-bond acceptors (Lipinski definition) is 3. The molecule has 0 saturated heterocycles. The van der Waals surface area contributed by atoms with Crippen LogP contribution in [0.2, 0.25) is 0 Å². The van der Waals surface area contributed by atoms with E-state index >= 15 is 0 Å². The lowest BCUT2D eigenvalue weighted by Crippen LogP contribution is -2.00. The van der Waals surface area contributed by atoms with Crippen LogP contribution in [0.25, 0.3) is 0 Å². The summed E-state index contributed by atoms with van der Waals surface area (Å²) in [4.78, 5) is 10.3. The predicted octanol–water partition coefficient (Wildman–Crippen LogP) is 2.03. The second-order valence-corrected chi connectivity index (χ2v) is 3.88. The Hall–Kier alpha value is 0.400. The van der Waals surface area contributed by atoms with Gasteiger partial charge in [-0.1, -0.05) is 0 Å². The van der Waals surface area contributed by atoms with E-state index in [4.69, 9.17) is 11.6 Å². The van der Waals surface area contributed by atoms with E-state index in [1.807, 2.05) is 10.8 Å². The summed E-state index contributed by atoms with van der Waals surface area (Å²) in [5.74, 6) is 0. The maximum atomic E-state index is 10.3. The summed E-state index contributed by atoms with van der Waals surface area (Å²) in [5.41, 5.74) is 0. The minimum absolute atomic E-state index is 0.0864. The van der Waals surface area contributed by atoms with Gasteiger partial charge in [0.2, 0.25) is 5.24 Å². The molecule has 0 aromatic rings. The summed E-state index contributed by atoms with van der Waals surface area (Å²) in [6.45, 7) is 0. The number of carbonyl (C=O) groups is 1. The zero-order chi connectivity index (χ0) is 5.98. The highest BCUT2D eigenvalue weighted by Gasteiger charge is 2.17. The number of rotatable bonds is 1. The third-order valence-corrected chi connectivity index (χ3v) is 3.47. The van der Waals surface area contributed by atoms with Gasteiger partial charge in [0.05, 0.1) is 0 Å². The van der Waals surface area contributed by atoms with E-state index < -0.39 is 0 Å². The van der Waals surface area contributed by atoms with Crippen LogP contribution in [0.1, 0.15) is 0 Å². The quantitative estimate of drug-likeness (QED) is 0.555. The monoisotopic (exact) mass is 166 g/mol. The van der Waals surface area contributed by atoms with Crippen LogP contribution < -0.4 is 0 Å². The van der Waals surface area contributed by atoms with Crippen molar-refractivity contribution in [3.8, 4) is 0 Å². The van der Waals surface area contributed by atoms with Crippen molar-refractivity contribution in [3.05, 3.63) is 10.8 Å². The minimum atomic E-state index is -0.273. The van der Waals surface area contributed by atoms with E-state index in [1.54, 1.807) is 0 Å². The van der Waals surface area contributed by atoms with Gasteiger partial charge < -0.3 is 0 Å². The molecule has 0 unspecified atom stereocenters. The summed E-state index contributed by atoms with van der Waals surface area (Å²) in [7, 11) is 0. The van der Waals surface area contributed by atoms with Crippen LogP contribution in [0.3, 0.4) is 0 Å². The average Bonchev–Trinajstić information content (AvgIpc) is 2.12. The Morgan fingerprint density at radius 1 is 1.50 bits per heavy atom. The number of carbonyl (C=O) groups excluding carboxylic acids is 1. The van der Waals surface area contributed by atoms with Crippen LogP contribution in [0, 0.1) is 0 Å². The third-order valence-electron chi connectivity index (χ3n) is 0.645. The van der Waals surface area contributed by atoms with Crippen LogP contribution in [0.4, 0.5) is 0 Å². The average molecular weight is 167 g/mol. The van der Waals surface area contributed by atoms with E-state index in [0.717, 1.165) is 0 Å². The molecule has 1 heterocycles. The first kappa shape index (κ1) is 6.52. The van der Waals surface area contributed by atoms with Gasteiger partial charge in [-0.2, -0.15) is 0 Å². The molecule has 0 amide bonds. The van der Waals surface area contributed by atoms with E-state index in [9.17, 15) is 4.79 Å². The molecule has 0 aliphatic carbocycles. The van der Waals surface area contributed by atoms with Crippen LogP contribution in [-0.2, 0) is 4.79 Å². The zero-order valence-corrected chi connectivity index (χ0v) is 6.22. The Labute approximate surface area is 60.8 Å². The van der Waals surface area contributed by atoms with Crippen LogP contribution in [0.15, 0.2) is 10.8 Å². The van der Waals surface area contributed by atoms with Crippen molar-refractivity contribution in [2.75, 3.05) is 0 Å². The number of halogens is 1. The van der Waals surface area contributed by atoms with Crippen molar-refractivity contribution in [1.29, 1.82) is 0 Å². The lowest BCUT2D eigenvalue weighted by atomic mass is 10.9. The van der Waals surface area contributed by atoms with Crippen molar-refractivity contribution in [2.24, 2.45) is 0 Å². The molecule has 0 aromatic carbocycles. The Morgan fingerprint density at radius 3 is 2.25 bits per heavy atom. The van der Waals surface area contributed by atoms with Crippen LogP contribution >= 0.6 is 35.1 Å². The van der Waals surface area contributed by atoms with E-state index in [0.29, 0.717) is 0 Å². The summed E-state index contributed by atoms with van der Waals surface area (Å²) in [6, 6.07) is 0. The first-order valence-electron chi connectivity index (χ1n) is 1.96. The lowest BCUT2D eigenvalue weighted by molar-refractivity contribution is -0.109. The van der Waals surface area contributed by atoms with Gasteiger partial charge >= 0.3 is 0 Å². The molecule has 0 fully saturated rings. The first-order chi connectivity index (χ1) is 3.80. The van der Waals surface area contributed by atoms with Gasteiger partial charge in [-0.05, 0) is 22.4 Å². The van der Waals surface area contributed by atoms with Crippen molar-refractivity contribution < 1.29 is 4.79 Å². The second kappa shape index (κ2) is 2.80. The molecule has 0 N–H and O–H groups in total. The minimum Gasteiger partial charge on any atom is -0.279 e. The van der Waals surface area contributed by atoms with E-state index in [-0.39, 0.29) is 9.82 Å². The molecule has 4 heteroatoms. The smallest absolute Gasteiger partial charge is 0.245 e. The summed E-state index contributed by atoms with van der Waals surface area (Å²) < 4.78 is -0.0864. The Morgan fingerprint density at radius 2 is 2.00 bits per heavy atom. The van der Waals surface area contributed by atoms with Crippen LogP contribution in [-0.4, -0.2) is 9.82 Å². The molecule has 1 nitrogen and oxygen atoms in total. The fraction of sp³-hybridized carbons (Fsp3) is 0.250.